The van der Waals surface area contributed by atoms with Crippen LogP contribution in [0.2, 0.25) is 0 Å². The lowest BCUT2D eigenvalue weighted by Crippen LogP contribution is -2.31. The number of amides is 2. The Balaban J connectivity index is 1.66. The van der Waals surface area contributed by atoms with E-state index in [2.05, 4.69) is 39.2 Å². The van der Waals surface area contributed by atoms with Crippen molar-refractivity contribution in [1.29, 1.82) is 0 Å². The standard InChI is InChI=1S/C17H21N5O/c1-3-22-9-6-13-4-5-14(10-16(13)22)20-17(23)21(2)12-15-11-18-7-8-19-15/h4-5,7-8,10-11H,3,6,9,12H2,1-2H3,(H,20,23). The van der Waals surface area contributed by atoms with Crippen LogP contribution in [0.4, 0.5) is 16.2 Å². The van der Waals surface area contributed by atoms with Crippen LogP contribution in [0.1, 0.15) is 18.2 Å². The van der Waals surface area contributed by atoms with Crippen LogP contribution in [0.5, 0.6) is 0 Å². The predicted molar refractivity (Wildman–Crippen MR) is 90.6 cm³/mol. The van der Waals surface area contributed by atoms with Gasteiger partial charge in [0.05, 0.1) is 18.4 Å². The number of urea groups is 1. The first-order chi connectivity index (χ1) is 11.2. The van der Waals surface area contributed by atoms with Crippen molar-refractivity contribution < 1.29 is 4.79 Å². The van der Waals surface area contributed by atoms with E-state index in [0.29, 0.717) is 6.54 Å². The van der Waals surface area contributed by atoms with Crippen LogP contribution in [-0.2, 0) is 13.0 Å². The highest BCUT2D eigenvalue weighted by Crippen LogP contribution is 2.30. The third-order valence-corrected chi connectivity index (χ3v) is 4.07. The number of anilines is 2. The van der Waals surface area contributed by atoms with Gasteiger partial charge in [-0.3, -0.25) is 9.97 Å². The summed E-state index contributed by atoms with van der Waals surface area (Å²) < 4.78 is 0. The highest BCUT2D eigenvalue weighted by molar-refractivity contribution is 5.90. The molecule has 0 atom stereocenters. The Labute approximate surface area is 136 Å². The number of nitrogens with one attached hydrogen (secondary N) is 1. The molecule has 0 saturated heterocycles. The number of hydrogen-bond donors (Lipinski definition) is 1. The van der Waals surface area contributed by atoms with Gasteiger partial charge in [0.1, 0.15) is 0 Å². The fourth-order valence-electron chi connectivity index (χ4n) is 2.80. The molecular formula is C17H21N5O. The molecule has 1 aliphatic heterocycles. The van der Waals surface area contributed by atoms with Crippen molar-refractivity contribution in [3.63, 3.8) is 0 Å². The molecule has 1 aromatic carbocycles. The molecule has 2 heterocycles. The van der Waals surface area contributed by atoms with Crippen LogP contribution in [0.3, 0.4) is 0 Å². The molecule has 3 rings (SSSR count). The Bertz CT molecular complexity index is 689. The molecule has 6 heteroatoms. The van der Waals surface area contributed by atoms with Crippen molar-refractivity contribution >= 4 is 17.4 Å². The SMILES string of the molecule is CCN1CCc2ccc(NC(=O)N(C)Cc3cnccn3)cc21. The quantitative estimate of drug-likeness (QED) is 0.942. The Morgan fingerprint density at radius 2 is 2.26 bits per heavy atom. The van der Waals surface area contributed by atoms with Crippen LogP contribution < -0.4 is 10.2 Å². The average molecular weight is 311 g/mol. The number of aromatic nitrogens is 2. The first kappa shape index (κ1) is 15.3. The van der Waals surface area contributed by atoms with E-state index in [4.69, 9.17) is 0 Å². The molecule has 0 radical (unpaired) electrons. The van der Waals surface area contributed by atoms with Crippen LogP contribution in [0.15, 0.2) is 36.8 Å². The molecule has 0 fully saturated rings. The third kappa shape index (κ3) is 3.41. The molecule has 0 aliphatic carbocycles. The molecule has 2 amide bonds. The molecule has 0 saturated carbocycles. The van der Waals surface area contributed by atoms with Crippen molar-refractivity contribution in [2.24, 2.45) is 0 Å². The van der Waals surface area contributed by atoms with Gasteiger partial charge in [0.25, 0.3) is 0 Å². The summed E-state index contributed by atoms with van der Waals surface area (Å²) in [5, 5.41) is 2.95. The van der Waals surface area contributed by atoms with Crippen LogP contribution in [-0.4, -0.2) is 41.0 Å². The lowest BCUT2D eigenvalue weighted by molar-refractivity contribution is 0.220. The summed E-state index contributed by atoms with van der Waals surface area (Å²) in [5.41, 5.74) is 4.15. The number of benzene rings is 1. The lowest BCUT2D eigenvalue weighted by atomic mass is 10.1. The Morgan fingerprint density at radius 3 is 3.00 bits per heavy atom. The smallest absolute Gasteiger partial charge is 0.321 e. The van der Waals surface area contributed by atoms with Crippen molar-refractivity contribution in [2.45, 2.75) is 19.9 Å². The number of carbonyl (C=O) groups is 1. The van der Waals surface area contributed by atoms with E-state index >= 15 is 0 Å². The van der Waals surface area contributed by atoms with Crippen molar-refractivity contribution in [2.75, 3.05) is 30.4 Å². The fraction of sp³-hybridized carbons (Fsp3) is 0.353. The first-order valence-corrected chi connectivity index (χ1v) is 7.82. The van der Waals surface area contributed by atoms with E-state index in [1.54, 1.807) is 30.5 Å². The number of rotatable bonds is 4. The highest BCUT2D eigenvalue weighted by atomic mass is 16.2. The topological polar surface area (TPSA) is 61.4 Å². The molecule has 0 bridgehead atoms. The van der Waals surface area contributed by atoms with Gasteiger partial charge in [-0.05, 0) is 31.0 Å². The van der Waals surface area contributed by atoms with Gasteiger partial charge in [0.2, 0.25) is 0 Å². The van der Waals surface area contributed by atoms with E-state index in [0.717, 1.165) is 30.9 Å². The van der Waals surface area contributed by atoms with Gasteiger partial charge in [-0.2, -0.15) is 0 Å². The van der Waals surface area contributed by atoms with E-state index in [9.17, 15) is 4.79 Å². The zero-order chi connectivity index (χ0) is 16.2. The molecule has 0 unspecified atom stereocenters. The summed E-state index contributed by atoms with van der Waals surface area (Å²) in [6.45, 7) is 4.60. The molecule has 1 aliphatic rings. The summed E-state index contributed by atoms with van der Waals surface area (Å²) in [6, 6.07) is 5.96. The fourth-order valence-corrected chi connectivity index (χ4v) is 2.80. The summed E-state index contributed by atoms with van der Waals surface area (Å²) in [6.07, 6.45) is 5.98. The van der Waals surface area contributed by atoms with Gasteiger partial charge in [0, 0.05) is 43.9 Å². The van der Waals surface area contributed by atoms with Crippen molar-refractivity contribution in [3.8, 4) is 0 Å². The highest BCUT2D eigenvalue weighted by Gasteiger charge is 2.18. The van der Waals surface area contributed by atoms with Gasteiger partial charge in [-0.15, -0.1) is 0 Å². The minimum atomic E-state index is -0.156. The van der Waals surface area contributed by atoms with Crippen molar-refractivity contribution in [1.82, 2.24) is 14.9 Å². The number of carbonyl (C=O) groups excluding carboxylic acids is 1. The van der Waals surface area contributed by atoms with Gasteiger partial charge >= 0.3 is 6.03 Å². The zero-order valence-electron chi connectivity index (χ0n) is 13.5. The molecule has 23 heavy (non-hydrogen) atoms. The molecule has 1 aromatic heterocycles. The molecule has 0 spiro atoms. The van der Waals surface area contributed by atoms with Gasteiger partial charge < -0.3 is 15.1 Å². The van der Waals surface area contributed by atoms with Crippen LogP contribution >= 0.6 is 0 Å². The summed E-state index contributed by atoms with van der Waals surface area (Å²) in [5.74, 6) is 0. The van der Waals surface area contributed by atoms with Crippen LogP contribution in [0.25, 0.3) is 0 Å². The lowest BCUT2D eigenvalue weighted by Gasteiger charge is -2.20. The van der Waals surface area contributed by atoms with E-state index < -0.39 is 0 Å². The van der Waals surface area contributed by atoms with Crippen LogP contribution in [0, 0.1) is 0 Å². The minimum Gasteiger partial charge on any atom is -0.371 e. The Kier molecular flexibility index (Phi) is 4.41. The second-order valence-corrected chi connectivity index (χ2v) is 5.66. The Morgan fingerprint density at radius 1 is 1.39 bits per heavy atom. The molecule has 6 nitrogen and oxygen atoms in total. The first-order valence-electron chi connectivity index (χ1n) is 7.82. The number of hydrogen-bond acceptors (Lipinski definition) is 4. The van der Waals surface area contributed by atoms with Gasteiger partial charge in [-0.25, -0.2) is 4.79 Å². The van der Waals surface area contributed by atoms with E-state index in [1.165, 1.54) is 11.3 Å². The Hall–Kier alpha value is -2.63. The maximum atomic E-state index is 12.3. The molecular weight excluding hydrogens is 290 g/mol. The maximum Gasteiger partial charge on any atom is 0.321 e. The molecule has 2 aromatic rings. The minimum absolute atomic E-state index is 0.156. The largest absolute Gasteiger partial charge is 0.371 e. The maximum absolute atomic E-state index is 12.3. The summed E-state index contributed by atoms with van der Waals surface area (Å²) in [4.78, 5) is 24.4. The summed E-state index contributed by atoms with van der Waals surface area (Å²) in [7, 11) is 1.75. The second kappa shape index (κ2) is 6.64. The molecule has 1 N–H and O–H groups in total. The normalized spacial score (nSPS) is 12.9. The van der Waals surface area contributed by atoms with Gasteiger partial charge in [-0.1, -0.05) is 6.07 Å². The number of fused-ring (bicyclic) bond motifs is 1. The predicted octanol–water partition coefficient (Wildman–Crippen LogP) is 2.52. The third-order valence-electron chi connectivity index (χ3n) is 4.07. The van der Waals surface area contributed by atoms with Gasteiger partial charge in [0.15, 0.2) is 0 Å². The number of nitrogens with zero attached hydrogens (tertiary/aromatic N) is 4. The van der Waals surface area contributed by atoms with Crippen molar-refractivity contribution in [3.05, 3.63) is 48.0 Å². The summed E-state index contributed by atoms with van der Waals surface area (Å²) >= 11 is 0. The second-order valence-electron chi connectivity index (χ2n) is 5.66. The van der Waals surface area contributed by atoms with E-state index in [1.807, 2.05) is 6.07 Å². The zero-order valence-corrected chi connectivity index (χ0v) is 13.5. The van der Waals surface area contributed by atoms with E-state index in [-0.39, 0.29) is 6.03 Å². The average Bonchev–Trinajstić information content (AvgIpc) is 2.98. The monoisotopic (exact) mass is 311 g/mol. The number of likely N-dealkylation sites (N-methyl/N-ethyl adjacent to an activating group) is 1. The molecule has 120 valence electrons.